The third-order valence-electron chi connectivity index (χ3n) is 3.34. The van der Waals surface area contributed by atoms with Crippen LogP contribution in [0.1, 0.15) is 5.56 Å². The Morgan fingerprint density at radius 3 is 2.70 bits per heavy atom. The molecule has 0 fully saturated rings. The average Bonchev–Trinajstić information content (AvgIpc) is 2.44. The van der Waals surface area contributed by atoms with Crippen molar-refractivity contribution in [3.05, 3.63) is 75.0 Å². The monoisotopic (exact) mass is 328 g/mol. The van der Waals surface area contributed by atoms with Crippen molar-refractivity contribution in [2.45, 2.75) is 6.54 Å². The number of rotatable bonds is 2. The largest absolute Gasteiger partial charge is 0.398 e. The number of para-hydroxylation sites is 1. The highest BCUT2D eigenvalue weighted by Crippen LogP contribution is 2.19. The standard InChI is InChI=1S/C16H13BrN2O/c17-12-5-6-13-15(9-12)19(8-7-16(13)20)10-11-3-1-2-4-14(11)18/h1-9H,10,18H2. The van der Waals surface area contributed by atoms with Gasteiger partial charge >= 0.3 is 0 Å². The Hall–Kier alpha value is -2.07. The van der Waals surface area contributed by atoms with Gasteiger partial charge in [-0.2, -0.15) is 0 Å². The van der Waals surface area contributed by atoms with E-state index in [2.05, 4.69) is 15.9 Å². The lowest BCUT2D eigenvalue weighted by Gasteiger charge is -2.12. The molecule has 0 saturated carbocycles. The molecule has 3 rings (SSSR count). The van der Waals surface area contributed by atoms with Gasteiger partial charge in [0.05, 0.1) is 5.52 Å². The van der Waals surface area contributed by atoms with E-state index in [1.54, 1.807) is 6.07 Å². The lowest BCUT2D eigenvalue weighted by atomic mass is 10.1. The molecule has 0 aliphatic rings. The number of benzene rings is 2. The highest BCUT2D eigenvalue weighted by molar-refractivity contribution is 9.10. The first-order valence-corrected chi connectivity index (χ1v) is 7.06. The summed E-state index contributed by atoms with van der Waals surface area (Å²) in [5, 5.41) is 0.713. The Morgan fingerprint density at radius 1 is 1.10 bits per heavy atom. The second-order valence-electron chi connectivity index (χ2n) is 4.67. The van der Waals surface area contributed by atoms with Gasteiger partial charge in [-0.05, 0) is 29.8 Å². The Balaban J connectivity index is 2.17. The molecular formula is C16H13BrN2O. The number of pyridine rings is 1. The summed E-state index contributed by atoms with van der Waals surface area (Å²) in [6.07, 6.45) is 1.81. The van der Waals surface area contributed by atoms with Crippen LogP contribution in [-0.4, -0.2) is 4.57 Å². The van der Waals surface area contributed by atoms with Crippen LogP contribution in [0.25, 0.3) is 10.9 Å². The normalized spacial score (nSPS) is 10.8. The maximum atomic E-state index is 11.9. The number of nitrogens with two attached hydrogens (primary N) is 1. The second kappa shape index (κ2) is 5.13. The zero-order valence-corrected chi connectivity index (χ0v) is 12.3. The van der Waals surface area contributed by atoms with Crippen molar-refractivity contribution in [3.63, 3.8) is 0 Å². The molecule has 0 aliphatic carbocycles. The highest BCUT2D eigenvalue weighted by atomic mass is 79.9. The summed E-state index contributed by atoms with van der Waals surface area (Å²) in [6, 6.07) is 15.0. The topological polar surface area (TPSA) is 48.0 Å². The Kier molecular flexibility index (Phi) is 3.32. The quantitative estimate of drug-likeness (QED) is 0.733. The highest BCUT2D eigenvalue weighted by Gasteiger charge is 2.05. The first-order valence-electron chi connectivity index (χ1n) is 6.27. The second-order valence-corrected chi connectivity index (χ2v) is 5.58. The molecule has 0 saturated heterocycles. The van der Waals surface area contributed by atoms with Crippen molar-refractivity contribution >= 4 is 32.5 Å². The first-order chi connectivity index (χ1) is 9.65. The predicted octanol–water partition coefficient (Wildman–Crippen LogP) is 3.39. The number of hydrogen-bond acceptors (Lipinski definition) is 2. The Labute approximate surface area is 124 Å². The Morgan fingerprint density at radius 2 is 1.90 bits per heavy atom. The number of fused-ring (bicyclic) bond motifs is 1. The van der Waals surface area contributed by atoms with Crippen LogP contribution in [0.5, 0.6) is 0 Å². The van der Waals surface area contributed by atoms with Gasteiger partial charge in [0.2, 0.25) is 0 Å². The molecule has 1 heterocycles. The van der Waals surface area contributed by atoms with Crippen LogP contribution in [0.15, 0.2) is 64.0 Å². The molecule has 0 unspecified atom stereocenters. The molecule has 0 spiro atoms. The van der Waals surface area contributed by atoms with Crippen molar-refractivity contribution in [3.8, 4) is 0 Å². The van der Waals surface area contributed by atoms with E-state index in [9.17, 15) is 4.79 Å². The van der Waals surface area contributed by atoms with E-state index in [1.165, 1.54) is 0 Å². The number of nitrogens with zero attached hydrogens (tertiary/aromatic N) is 1. The maximum Gasteiger partial charge on any atom is 0.189 e. The first kappa shape index (κ1) is 12.9. The van der Waals surface area contributed by atoms with Gasteiger partial charge in [0.15, 0.2) is 5.43 Å². The van der Waals surface area contributed by atoms with E-state index in [0.29, 0.717) is 11.9 Å². The van der Waals surface area contributed by atoms with E-state index in [-0.39, 0.29) is 5.43 Å². The minimum atomic E-state index is 0.0322. The average molecular weight is 329 g/mol. The molecule has 0 amide bonds. The fourth-order valence-corrected chi connectivity index (χ4v) is 2.63. The van der Waals surface area contributed by atoms with E-state index in [4.69, 9.17) is 5.73 Å². The molecule has 0 aliphatic heterocycles. The van der Waals surface area contributed by atoms with Crippen molar-refractivity contribution in [2.75, 3.05) is 5.73 Å². The molecule has 100 valence electrons. The van der Waals surface area contributed by atoms with Gasteiger partial charge < -0.3 is 10.3 Å². The molecule has 4 heteroatoms. The number of nitrogen functional groups attached to an aromatic ring is 1. The molecule has 3 nitrogen and oxygen atoms in total. The molecule has 0 atom stereocenters. The van der Waals surface area contributed by atoms with Gasteiger partial charge in [-0.15, -0.1) is 0 Å². The summed E-state index contributed by atoms with van der Waals surface area (Å²) in [4.78, 5) is 11.9. The lowest BCUT2D eigenvalue weighted by molar-refractivity contribution is 0.827. The third-order valence-corrected chi connectivity index (χ3v) is 3.83. The SMILES string of the molecule is Nc1ccccc1Cn1ccc(=O)c2ccc(Br)cc21. The molecule has 0 radical (unpaired) electrons. The smallest absolute Gasteiger partial charge is 0.189 e. The number of anilines is 1. The van der Waals surface area contributed by atoms with Gasteiger partial charge in [0.25, 0.3) is 0 Å². The summed E-state index contributed by atoms with van der Waals surface area (Å²) in [5.74, 6) is 0. The summed E-state index contributed by atoms with van der Waals surface area (Å²) in [5.41, 5.74) is 8.72. The summed E-state index contributed by atoms with van der Waals surface area (Å²) < 4.78 is 2.98. The van der Waals surface area contributed by atoms with Crippen LogP contribution >= 0.6 is 15.9 Å². The van der Waals surface area contributed by atoms with E-state index in [0.717, 1.165) is 21.2 Å². The van der Waals surface area contributed by atoms with E-state index < -0.39 is 0 Å². The van der Waals surface area contributed by atoms with E-state index in [1.807, 2.05) is 53.2 Å². The Bertz CT molecular complexity index is 839. The molecule has 0 bridgehead atoms. The van der Waals surface area contributed by atoms with Crippen molar-refractivity contribution in [2.24, 2.45) is 0 Å². The van der Waals surface area contributed by atoms with Crippen LogP contribution in [0.4, 0.5) is 5.69 Å². The van der Waals surface area contributed by atoms with Crippen molar-refractivity contribution in [1.82, 2.24) is 4.57 Å². The summed E-state index contributed by atoms with van der Waals surface area (Å²) in [6.45, 7) is 0.639. The molecule has 1 aromatic heterocycles. The van der Waals surface area contributed by atoms with Gasteiger partial charge in [0, 0.05) is 34.4 Å². The van der Waals surface area contributed by atoms with E-state index >= 15 is 0 Å². The van der Waals surface area contributed by atoms with Gasteiger partial charge in [-0.1, -0.05) is 34.1 Å². The zero-order chi connectivity index (χ0) is 14.1. The van der Waals surface area contributed by atoms with Gasteiger partial charge in [0.1, 0.15) is 0 Å². The van der Waals surface area contributed by atoms with Crippen molar-refractivity contribution in [1.29, 1.82) is 0 Å². The molecule has 2 N–H and O–H groups in total. The predicted molar refractivity (Wildman–Crippen MR) is 85.9 cm³/mol. The fraction of sp³-hybridized carbons (Fsp3) is 0.0625. The minimum Gasteiger partial charge on any atom is -0.398 e. The zero-order valence-electron chi connectivity index (χ0n) is 10.7. The van der Waals surface area contributed by atoms with Gasteiger partial charge in [-0.3, -0.25) is 4.79 Å². The van der Waals surface area contributed by atoms with Crippen LogP contribution in [0.2, 0.25) is 0 Å². The maximum absolute atomic E-state index is 11.9. The number of halogens is 1. The number of aromatic nitrogens is 1. The minimum absolute atomic E-state index is 0.0322. The molecule has 3 aromatic rings. The fourth-order valence-electron chi connectivity index (χ4n) is 2.28. The van der Waals surface area contributed by atoms with Crippen LogP contribution in [-0.2, 0) is 6.54 Å². The molecule has 20 heavy (non-hydrogen) atoms. The number of hydrogen-bond donors (Lipinski definition) is 1. The van der Waals surface area contributed by atoms with Crippen LogP contribution in [0, 0.1) is 0 Å². The molecule has 2 aromatic carbocycles. The molecular weight excluding hydrogens is 316 g/mol. The summed E-state index contributed by atoms with van der Waals surface area (Å²) >= 11 is 3.45. The van der Waals surface area contributed by atoms with Crippen LogP contribution < -0.4 is 11.2 Å². The third kappa shape index (κ3) is 2.34. The summed E-state index contributed by atoms with van der Waals surface area (Å²) in [7, 11) is 0. The van der Waals surface area contributed by atoms with Crippen LogP contribution in [0.3, 0.4) is 0 Å². The van der Waals surface area contributed by atoms with Gasteiger partial charge in [-0.25, -0.2) is 0 Å². The lowest BCUT2D eigenvalue weighted by Crippen LogP contribution is -2.09. The van der Waals surface area contributed by atoms with Crippen molar-refractivity contribution < 1.29 is 0 Å².